The molecular formula is C28H42N2O8Si2. The summed E-state index contributed by atoms with van der Waals surface area (Å²) in [6.07, 6.45) is -2.11. The first-order chi connectivity index (χ1) is 18.8. The van der Waals surface area contributed by atoms with E-state index < -0.39 is 58.9 Å². The summed E-state index contributed by atoms with van der Waals surface area (Å²) in [5.74, 6) is -0.570. The number of esters is 1. The van der Waals surface area contributed by atoms with Crippen molar-refractivity contribution in [3.63, 3.8) is 0 Å². The highest BCUT2D eigenvalue weighted by molar-refractivity contribution is 6.84. The van der Waals surface area contributed by atoms with Crippen LogP contribution in [0.15, 0.2) is 52.2 Å². The van der Waals surface area contributed by atoms with Crippen molar-refractivity contribution in [2.45, 2.75) is 102 Å². The van der Waals surface area contributed by atoms with E-state index >= 15 is 0 Å². The molecule has 0 bridgehead atoms. The van der Waals surface area contributed by atoms with E-state index in [1.165, 1.54) is 16.8 Å². The molecule has 1 N–H and O–H groups in total. The highest BCUT2D eigenvalue weighted by atomic mass is 28.5. The van der Waals surface area contributed by atoms with Crippen LogP contribution in [0.3, 0.4) is 0 Å². The topological polar surface area (TPSA) is 118 Å². The number of aromatic nitrogens is 2. The molecule has 10 nitrogen and oxygen atoms in total. The molecule has 1 aromatic carbocycles. The van der Waals surface area contributed by atoms with Crippen molar-refractivity contribution < 1.29 is 27.2 Å². The van der Waals surface area contributed by atoms with Gasteiger partial charge in [0.15, 0.2) is 12.3 Å². The van der Waals surface area contributed by atoms with E-state index in [2.05, 4.69) is 60.4 Å². The molecule has 0 spiro atoms. The van der Waals surface area contributed by atoms with E-state index in [-0.39, 0.29) is 28.8 Å². The van der Waals surface area contributed by atoms with Gasteiger partial charge in [-0.1, -0.05) is 73.6 Å². The van der Waals surface area contributed by atoms with Crippen LogP contribution in [0, 0.1) is 0 Å². The summed E-state index contributed by atoms with van der Waals surface area (Å²) in [6, 6.07) is 9.87. The Morgan fingerprint density at radius 3 is 2.08 bits per heavy atom. The maximum atomic E-state index is 13.3. The smallest absolute Gasteiger partial charge is 0.338 e. The van der Waals surface area contributed by atoms with Crippen LogP contribution < -0.4 is 11.2 Å². The number of carbonyl (C=O) groups excluding carboxylic acids is 1. The normalized spacial score (nSPS) is 26.1. The second kappa shape index (κ2) is 11.9. The monoisotopic (exact) mass is 590 g/mol. The van der Waals surface area contributed by atoms with Gasteiger partial charge in [-0.15, -0.1) is 0 Å². The highest BCUT2D eigenvalue weighted by Crippen LogP contribution is 2.48. The van der Waals surface area contributed by atoms with E-state index in [9.17, 15) is 14.4 Å². The summed E-state index contributed by atoms with van der Waals surface area (Å²) >= 11 is 0. The summed E-state index contributed by atoms with van der Waals surface area (Å²) < 4.78 is 35.0. The van der Waals surface area contributed by atoms with Gasteiger partial charge < -0.3 is 22.4 Å². The maximum Gasteiger partial charge on any atom is 0.338 e. The zero-order valence-electron chi connectivity index (χ0n) is 24.6. The van der Waals surface area contributed by atoms with E-state index in [1.54, 1.807) is 24.3 Å². The number of nitrogens with one attached hydrogen (secondary N) is 1. The Morgan fingerprint density at radius 2 is 1.52 bits per heavy atom. The predicted molar refractivity (Wildman–Crippen MR) is 155 cm³/mol. The molecule has 220 valence electrons. The Bertz CT molecular complexity index is 1280. The lowest BCUT2D eigenvalue weighted by molar-refractivity contribution is -0.0625. The zero-order chi connectivity index (χ0) is 29.4. The molecule has 2 aliphatic rings. The van der Waals surface area contributed by atoms with Gasteiger partial charge in [0.05, 0.1) is 12.2 Å². The summed E-state index contributed by atoms with van der Waals surface area (Å²) in [5, 5.41) is 0. The molecule has 0 saturated carbocycles. The number of hydrogen-bond acceptors (Lipinski definition) is 8. The van der Waals surface area contributed by atoms with Gasteiger partial charge in [0, 0.05) is 12.3 Å². The van der Waals surface area contributed by atoms with Crippen molar-refractivity contribution >= 4 is 23.1 Å². The fraction of sp³-hybridized carbons (Fsp3) is 0.607. The number of ether oxygens (including phenoxy) is 2. The third-order valence-corrected chi connectivity index (χ3v) is 18.2. The Labute approximate surface area is 237 Å². The van der Waals surface area contributed by atoms with Crippen LogP contribution in [0.1, 0.15) is 72.0 Å². The lowest BCUT2D eigenvalue weighted by atomic mass is 10.1. The van der Waals surface area contributed by atoms with Gasteiger partial charge in [0.2, 0.25) is 0 Å². The fourth-order valence-electron chi connectivity index (χ4n) is 5.87. The van der Waals surface area contributed by atoms with Crippen LogP contribution in [-0.2, 0) is 22.4 Å². The molecule has 0 amide bonds. The second-order valence-electron chi connectivity index (χ2n) is 11.9. The number of fused-ring (bicyclic) bond motifs is 1. The van der Waals surface area contributed by atoms with Gasteiger partial charge in [-0.05, 0) is 34.3 Å². The molecule has 2 saturated heterocycles. The molecule has 2 fully saturated rings. The first-order valence-corrected chi connectivity index (χ1v) is 18.0. The largest absolute Gasteiger partial charge is 0.451 e. The molecule has 40 heavy (non-hydrogen) atoms. The number of carbonyl (C=O) groups is 1. The molecule has 0 radical (unpaired) electrons. The number of hydrogen-bond donors (Lipinski definition) is 1. The molecular weight excluding hydrogens is 548 g/mol. The summed E-state index contributed by atoms with van der Waals surface area (Å²) in [5.41, 5.74) is -0.482. The first kappa shape index (κ1) is 30.6. The van der Waals surface area contributed by atoms with Crippen LogP contribution in [0.2, 0.25) is 22.2 Å². The number of aromatic amines is 1. The minimum Gasteiger partial charge on any atom is -0.451 e. The first-order valence-electron chi connectivity index (χ1n) is 14.1. The van der Waals surface area contributed by atoms with Crippen molar-refractivity contribution in [1.82, 2.24) is 9.55 Å². The van der Waals surface area contributed by atoms with Gasteiger partial charge in [-0.25, -0.2) is 9.59 Å². The van der Waals surface area contributed by atoms with Gasteiger partial charge in [0.1, 0.15) is 12.2 Å². The average Bonchev–Trinajstić information content (AvgIpc) is 3.19. The molecule has 0 aliphatic carbocycles. The van der Waals surface area contributed by atoms with E-state index in [1.807, 2.05) is 6.07 Å². The molecule has 3 heterocycles. The Hall–Kier alpha value is -2.36. The lowest BCUT2D eigenvalue weighted by Crippen LogP contribution is -2.66. The minimum atomic E-state index is -3.07. The Balaban J connectivity index is 1.85. The molecule has 12 heteroatoms. The van der Waals surface area contributed by atoms with Crippen molar-refractivity contribution in [2.75, 3.05) is 6.61 Å². The van der Waals surface area contributed by atoms with Gasteiger partial charge in [-0.2, -0.15) is 0 Å². The summed E-state index contributed by atoms with van der Waals surface area (Å²) in [7, 11) is -5.91. The Morgan fingerprint density at radius 1 is 0.925 bits per heavy atom. The highest BCUT2D eigenvalue weighted by Gasteiger charge is 2.62. The molecule has 2 aliphatic heterocycles. The number of benzene rings is 1. The molecule has 4 atom stereocenters. The molecule has 0 unspecified atom stereocenters. The van der Waals surface area contributed by atoms with Crippen LogP contribution >= 0.6 is 0 Å². The quantitative estimate of drug-likeness (QED) is 0.367. The van der Waals surface area contributed by atoms with Gasteiger partial charge in [-0.3, -0.25) is 14.3 Å². The average molecular weight is 591 g/mol. The number of nitrogens with zero attached hydrogens (tertiary/aromatic N) is 1. The minimum absolute atomic E-state index is 0.0413. The molecule has 2 aromatic rings. The fourth-order valence-corrected chi connectivity index (χ4v) is 17.1. The summed E-state index contributed by atoms with van der Waals surface area (Å²) in [6.45, 7) is 17.1. The zero-order valence-corrected chi connectivity index (χ0v) is 26.6. The van der Waals surface area contributed by atoms with Crippen molar-refractivity contribution in [2.24, 2.45) is 0 Å². The van der Waals surface area contributed by atoms with Crippen LogP contribution in [0.5, 0.6) is 0 Å². The third kappa shape index (κ3) is 5.57. The van der Waals surface area contributed by atoms with E-state index in [0.29, 0.717) is 5.56 Å². The standard InChI is InChI=1S/C28H42N2O8Si2/c1-17(2)39(18(3)4)34-16-22-24(37-40(38-39,19(5)6)20(7)8)25(36-27(32)21-12-10-9-11-13-21)26(35-22)30-15-14-23(31)29-28(30)33/h9-15,17-20,22,24-26H,16H2,1-8H3,(H,29,31,33)/t22-,24-,25-,26-/m1/s1. The third-order valence-electron chi connectivity index (χ3n) is 7.99. The van der Waals surface area contributed by atoms with E-state index in [4.69, 9.17) is 22.4 Å². The lowest BCUT2D eigenvalue weighted by Gasteiger charge is -2.51. The van der Waals surface area contributed by atoms with E-state index in [0.717, 1.165) is 0 Å². The van der Waals surface area contributed by atoms with Crippen LogP contribution in [0.4, 0.5) is 0 Å². The van der Waals surface area contributed by atoms with Crippen molar-refractivity contribution in [3.8, 4) is 0 Å². The van der Waals surface area contributed by atoms with Gasteiger partial charge in [0.25, 0.3) is 5.56 Å². The maximum absolute atomic E-state index is 13.3. The number of rotatable bonds is 7. The SMILES string of the molecule is CC(C)[Si]1(C(C)C)OC[C@H]2O[C@@H](n3ccc(=O)[nH]c3=O)[C@H](OC(=O)c3ccccc3)[C@@H]2O[Si](C(C)C)(C(C)C)O1. The van der Waals surface area contributed by atoms with Crippen LogP contribution in [0.25, 0.3) is 0 Å². The van der Waals surface area contributed by atoms with Crippen molar-refractivity contribution in [3.05, 3.63) is 69.0 Å². The molecule has 4 rings (SSSR count). The van der Waals surface area contributed by atoms with Crippen LogP contribution in [-0.4, -0.2) is 57.6 Å². The second-order valence-corrected chi connectivity index (χ2v) is 20.7. The van der Waals surface area contributed by atoms with Gasteiger partial charge >= 0.3 is 28.8 Å². The predicted octanol–water partition coefficient (Wildman–Crippen LogP) is 4.62. The Kier molecular flexibility index (Phi) is 9.08. The number of H-pyrrole nitrogens is 1. The molecule has 1 aromatic heterocycles. The summed E-state index contributed by atoms with van der Waals surface area (Å²) in [4.78, 5) is 40.3. The van der Waals surface area contributed by atoms with Crippen molar-refractivity contribution in [1.29, 1.82) is 0 Å².